The number of allylic oxidation sites excluding steroid dienone is 1. The van der Waals surface area contributed by atoms with Gasteiger partial charge in [0.25, 0.3) is 0 Å². The van der Waals surface area contributed by atoms with Crippen LogP contribution in [0, 0.1) is 0 Å². The van der Waals surface area contributed by atoms with Crippen LogP contribution in [0.5, 0.6) is 0 Å². The first-order chi connectivity index (χ1) is 12.3. The van der Waals surface area contributed by atoms with E-state index in [4.69, 9.17) is 0 Å². The number of carbonyl (C=O) groups excluding carboxylic acids is 1. The highest BCUT2D eigenvalue weighted by Crippen LogP contribution is 2.24. The standard InChI is InChI=1S/C18H23N5OS/c1-2-11-23-17(15-7-9-19-10-8-15)20-21-18(23)25-14-16(24)22-12-5-3-4-6-13-22/h2,7-10H,1,3-6,11-14H2. The summed E-state index contributed by atoms with van der Waals surface area (Å²) in [6.45, 7) is 6.17. The molecular weight excluding hydrogens is 334 g/mol. The summed E-state index contributed by atoms with van der Waals surface area (Å²) in [6.07, 6.45) is 9.94. The third-order valence-corrected chi connectivity index (χ3v) is 5.20. The van der Waals surface area contributed by atoms with Crippen molar-refractivity contribution in [2.45, 2.75) is 37.4 Å². The summed E-state index contributed by atoms with van der Waals surface area (Å²) in [7, 11) is 0. The Morgan fingerprint density at radius 2 is 1.88 bits per heavy atom. The lowest BCUT2D eigenvalue weighted by atomic mass is 10.2. The summed E-state index contributed by atoms with van der Waals surface area (Å²) < 4.78 is 1.99. The fraction of sp³-hybridized carbons (Fsp3) is 0.444. The highest BCUT2D eigenvalue weighted by atomic mass is 32.2. The molecule has 1 fully saturated rings. The van der Waals surface area contributed by atoms with E-state index in [0.29, 0.717) is 12.3 Å². The maximum atomic E-state index is 12.5. The molecule has 1 aliphatic rings. The van der Waals surface area contributed by atoms with Crippen molar-refractivity contribution < 1.29 is 4.79 Å². The van der Waals surface area contributed by atoms with Crippen LogP contribution in [-0.2, 0) is 11.3 Å². The average Bonchev–Trinajstić information content (AvgIpc) is 2.85. The van der Waals surface area contributed by atoms with Gasteiger partial charge in [-0.25, -0.2) is 0 Å². The summed E-state index contributed by atoms with van der Waals surface area (Å²) in [5.41, 5.74) is 0.954. The van der Waals surface area contributed by atoms with Crippen molar-refractivity contribution >= 4 is 17.7 Å². The van der Waals surface area contributed by atoms with E-state index in [2.05, 4.69) is 21.8 Å². The van der Waals surface area contributed by atoms with Crippen LogP contribution in [0.1, 0.15) is 25.7 Å². The molecule has 1 aliphatic heterocycles. The predicted molar refractivity (Wildman–Crippen MR) is 99.2 cm³/mol. The lowest BCUT2D eigenvalue weighted by molar-refractivity contribution is -0.128. The summed E-state index contributed by atoms with van der Waals surface area (Å²) in [5.74, 6) is 1.35. The fourth-order valence-electron chi connectivity index (χ4n) is 2.94. The Kier molecular flexibility index (Phi) is 6.22. The van der Waals surface area contributed by atoms with Gasteiger partial charge in [-0.05, 0) is 25.0 Å². The quantitative estimate of drug-likeness (QED) is 0.587. The molecule has 0 unspecified atom stereocenters. The highest BCUT2D eigenvalue weighted by molar-refractivity contribution is 7.99. The SMILES string of the molecule is C=CCn1c(SCC(=O)N2CCCCCC2)nnc1-c1ccncc1. The minimum atomic E-state index is 0.186. The zero-order chi connectivity index (χ0) is 17.5. The van der Waals surface area contributed by atoms with Gasteiger partial charge in [0.05, 0.1) is 5.75 Å². The molecule has 0 bridgehead atoms. The highest BCUT2D eigenvalue weighted by Gasteiger charge is 2.18. The van der Waals surface area contributed by atoms with Gasteiger partial charge in [-0.2, -0.15) is 0 Å². The normalized spacial score (nSPS) is 15.0. The Labute approximate surface area is 152 Å². The van der Waals surface area contributed by atoms with Gasteiger partial charge in [0.15, 0.2) is 11.0 Å². The number of carbonyl (C=O) groups is 1. The minimum absolute atomic E-state index is 0.186. The van der Waals surface area contributed by atoms with Crippen LogP contribution >= 0.6 is 11.8 Å². The number of pyridine rings is 1. The van der Waals surface area contributed by atoms with Gasteiger partial charge in [0.1, 0.15) is 0 Å². The van der Waals surface area contributed by atoms with E-state index in [1.54, 1.807) is 12.4 Å². The van der Waals surface area contributed by atoms with E-state index in [1.807, 2.05) is 27.7 Å². The molecule has 2 aromatic heterocycles. The Morgan fingerprint density at radius 1 is 1.16 bits per heavy atom. The molecule has 0 aromatic carbocycles. The molecule has 0 N–H and O–H groups in total. The monoisotopic (exact) mass is 357 g/mol. The zero-order valence-electron chi connectivity index (χ0n) is 14.3. The summed E-state index contributed by atoms with van der Waals surface area (Å²) in [6, 6.07) is 3.81. The van der Waals surface area contributed by atoms with Crippen molar-refractivity contribution in [2.24, 2.45) is 0 Å². The first-order valence-electron chi connectivity index (χ1n) is 8.64. The summed E-state index contributed by atoms with van der Waals surface area (Å²) in [4.78, 5) is 18.5. The molecule has 0 atom stereocenters. The van der Waals surface area contributed by atoms with Crippen LogP contribution < -0.4 is 0 Å². The Hall–Kier alpha value is -2.15. The molecule has 132 valence electrons. The number of hydrogen-bond donors (Lipinski definition) is 0. The van der Waals surface area contributed by atoms with Crippen molar-refractivity contribution in [3.63, 3.8) is 0 Å². The van der Waals surface area contributed by atoms with Crippen molar-refractivity contribution in [1.82, 2.24) is 24.6 Å². The Balaban J connectivity index is 1.70. The molecule has 3 heterocycles. The molecule has 0 radical (unpaired) electrons. The maximum Gasteiger partial charge on any atom is 0.233 e. The second-order valence-corrected chi connectivity index (χ2v) is 6.97. The lowest BCUT2D eigenvalue weighted by Crippen LogP contribution is -2.33. The van der Waals surface area contributed by atoms with E-state index >= 15 is 0 Å². The van der Waals surface area contributed by atoms with Crippen LogP contribution in [0.25, 0.3) is 11.4 Å². The second kappa shape index (κ2) is 8.80. The van der Waals surface area contributed by atoms with Gasteiger partial charge >= 0.3 is 0 Å². The van der Waals surface area contributed by atoms with Crippen LogP contribution in [0.15, 0.2) is 42.3 Å². The van der Waals surface area contributed by atoms with Gasteiger partial charge in [0.2, 0.25) is 5.91 Å². The molecule has 0 aliphatic carbocycles. The molecular formula is C18H23N5OS. The zero-order valence-corrected chi connectivity index (χ0v) is 15.1. The number of nitrogens with zero attached hydrogens (tertiary/aromatic N) is 5. The van der Waals surface area contributed by atoms with E-state index in [9.17, 15) is 4.79 Å². The van der Waals surface area contributed by atoms with Crippen molar-refractivity contribution in [1.29, 1.82) is 0 Å². The van der Waals surface area contributed by atoms with E-state index < -0.39 is 0 Å². The molecule has 1 amide bonds. The third kappa shape index (κ3) is 4.48. The van der Waals surface area contributed by atoms with Crippen molar-refractivity contribution in [3.05, 3.63) is 37.2 Å². The minimum Gasteiger partial charge on any atom is -0.342 e. The van der Waals surface area contributed by atoms with Gasteiger partial charge < -0.3 is 4.90 Å². The van der Waals surface area contributed by atoms with Gasteiger partial charge in [-0.3, -0.25) is 14.3 Å². The Bertz CT molecular complexity index is 708. The number of aromatic nitrogens is 4. The summed E-state index contributed by atoms with van der Waals surface area (Å²) >= 11 is 1.45. The van der Waals surface area contributed by atoms with Gasteiger partial charge in [-0.1, -0.05) is 30.7 Å². The molecule has 1 saturated heterocycles. The maximum absolute atomic E-state index is 12.5. The predicted octanol–water partition coefficient (Wildman–Crippen LogP) is 3.02. The smallest absolute Gasteiger partial charge is 0.233 e. The number of likely N-dealkylation sites (tertiary alicyclic amines) is 1. The van der Waals surface area contributed by atoms with E-state index in [-0.39, 0.29) is 5.91 Å². The van der Waals surface area contributed by atoms with Crippen LogP contribution in [-0.4, -0.2) is 49.4 Å². The number of thioether (sulfide) groups is 1. The first-order valence-corrected chi connectivity index (χ1v) is 9.63. The van der Waals surface area contributed by atoms with Gasteiger partial charge in [0, 0.05) is 37.6 Å². The molecule has 3 rings (SSSR count). The van der Waals surface area contributed by atoms with Gasteiger partial charge in [-0.15, -0.1) is 16.8 Å². The second-order valence-electron chi connectivity index (χ2n) is 6.03. The Morgan fingerprint density at radius 3 is 2.56 bits per heavy atom. The topological polar surface area (TPSA) is 63.9 Å². The number of hydrogen-bond acceptors (Lipinski definition) is 5. The largest absolute Gasteiger partial charge is 0.342 e. The fourth-order valence-corrected chi connectivity index (χ4v) is 3.79. The average molecular weight is 357 g/mol. The third-order valence-electron chi connectivity index (χ3n) is 4.25. The van der Waals surface area contributed by atoms with Crippen LogP contribution in [0.2, 0.25) is 0 Å². The first kappa shape index (κ1) is 17.7. The van der Waals surface area contributed by atoms with Crippen molar-refractivity contribution in [2.75, 3.05) is 18.8 Å². The van der Waals surface area contributed by atoms with Crippen molar-refractivity contribution in [3.8, 4) is 11.4 Å². The molecule has 2 aromatic rings. The molecule has 7 heteroatoms. The van der Waals surface area contributed by atoms with E-state index in [0.717, 1.165) is 42.5 Å². The summed E-state index contributed by atoms with van der Waals surface area (Å²) in [5, 5.41) is 9.33. The molecule has 6 nitrogen and oxygen atoms in total. The van der Waals surface area contributed by atoms with Crippen LogP contribution in [0.4, 0.5) is 0 Å². The molecule has 0 saturated carbocycles. The van der Waals surface area contributed by atoms with E-state index in [1.165, 1.54) is 24.6 Å². The lowest BCUT2D eigenvalue weighted by Gasteiger charge is -2.19. The molecule has 25 heavy (non-hydrogen) atoms. The van der Waals surface area contributed by atoms with Crippen LogP contribution in [0.3, 0.4) is 0 Å². The number of rotatable bonds is 6. The molecule has 0 spiro atoms. The number of amides is 1.